The van der Waals surface area contributed by atoms with Crippen molar-refractivity contribution in [2.45, 2.75) is 0 Å². The molecule has 2 heterocycles. The maximum atomic E-state index is 5.90. The second-order valence-electron chi connectivity index (χ2n) is 3.70. The van der Waals surface area contributed by atoms with Crippen molar-refractivity contribution in [2.24, 2.45) is 0 Å². The molecule has 0 saturated heterocycles. The smallest absolute Gasteiger partial charge is 0.153 e. The van der Waals surface area contributed by atoms with Crippen molar-refractivity contribution < 1.29 is 0 Å². The summed E-state index contributed by atoms with van der Waals surface area (Å²) < 4.78 is 0. The molecular weight excluding hydrogens is 214 g/mol. The third-order valence-electron chi connectivity index (χ3n) is 2.63. The number of nitrogen functional groups attached to an aromatic ring is 1. The molecule has 0 bridgehead atoms. The lowest BCUT2D eigenvalue weighted by molar-refractivity contribution is 1.06. The molecule has 0 aliphatic carbocycles. The van der Waals surface area contributed by atoms with E-state index in [4.69, 9.17) is 5.73 Å². The summed E-state index contributed by atoms with van der Waals surface area (Å²) in [5.74, 6) is 0.487. The first-order chi connectivity index (χ1) is 8.36. The Labute approximate surface area is 97.7 Å². The Kier molecular flexibility index (Phi) is 2.15. The minimum absolute atomic E-state index is 0.487. The molecule has 1 aromatic carbocycles. The summed E-state index contributed by atoms with van der Waals surface area (Å²) in [4.78, 5) is 0. The van der Waals surface area contributed by atoms with Gasteiger partial charge in [-0.3, -0.25) is 10.2 Å². The number of hydrogen-bond acceptors (Lipinski definition) is 3. The van der Waals surface area contributed by atoms with Gasteiger partial charge in [0.25, 0.3) is 0 Å². The van der Waals surface area contributed by atoms with Gasteiger partial charge in [0.05, 0.1) is 17.0 Å². The zero-order valence-corrected chi connectivity index (χ0v) is 9.01. The molecule has 3 rings (SSSR count). The Balaban J connectivity index is 2.20. The summed E-state index contributed by atoms with van der Waals surface area (Å²) in [6, 6.07) is 11.8. The summed E-state index contributed by atoms with van der Waals surface area (Å²) in [5, 5.41) is 13.8. The molecule has 0 spiro atoms. The molecular formula is C12H11N5. The van der Waals surface area contributed by atoms with Crippen LogP contribution in [-0.4, -0.2) is 20.4 Å². The average Bonchev–Trinajstić information content (AvgIpc) is 2.98. The SMILES string of the molecule is Nc1n[nH]c(-c2ccn[nH]2)c1-c1ccccc1. The van der Waals surface area contributed by atoms with Crippen LogP contribution in [-0.2, 0) is 0 Å². The van der Waals surface area contributed by atoms with E-state index in [1.807, 2.05) is 36.4 Å². The van der Waals surface area contributed by atoms with Gasteiger partial charge in [-0.15, -0.1) is 0 Å². The number of H-pyrrole nitrogens is 2. The lowest BCUT2D eigenvalue weighted by atomic mass is 10.0. The number of nitrogens with one attached hydrogen (secondary N) is 2. The van der Waals surface area contributed by atoms with Crippen molar-refractivity contribution >= 4 is 5.82 Å². The van der Waals surface area contributed by atoms with Gasteiger partial charge in [-0.1, -0.05) is 30.3 Å². The highest BCUT2D eigenvalue weighted by molar-refractivity contribution is 5.86. The Morgan fingerprint density at radius 3 is 2.53 bits per heavy atom. The predicted molar refractivity (Wildman–Crippen MR) is 66.0 cm³/mol. The van der Waals surface area contributed by atoms with Crippen molar-refractivity contribution in [2.75, 3.05) is 5.73 Å². The molecule has 0 aliphatic rings. The van der Waals surface area contributed by atoms with E-state index < -0.39 is 0 Å². The van der Waals surface area contributed by atoms with Crippen LogP contribution >= 0.6 is 0 Å². The van der Waals surface area contributed by atoms with Gasteiger partial charge in [0.2, 0.25) is 0 Å². The van der Waals surface area contributed by atoms with Crippen LogP contribution < -0.4 is 5.73 Å². The van der Waals surface area contributed by atoms with Crippen LogP contribution in [0.2, 0.25) is 0 Å². The van der Waals surface area contributed by atoms with Crippen LogP contribution in [0.4, 0.5) is 5.82 Å². The summed E-state index contributed by atoms with van der Waals surface area (Å²) in [6.45, 7) is 0. The Morgan fingerprint density at radius 1 is 1.00 bits per heavy atom. The van der Waals surface area contributed by atoms with E-state index in [2.05, 4.69) is 20.4 Å². The average molecular weight is 225 g/mol. The normalized spacial score (nSPS) is 10.6. The van der Waals surface area contributed by atoms with Gasteiger partial charge in [0.15, 0.2) is 5.82 Å². The van der Waals surface area contributed by atoms with Crippen LogP contribution in [0.15, 0.2) is 42.6 Å². The molecule has 2 aromatic heterocycles. The third-order valence-corrected chi connectivity index (χ3v) is 2.63. The van der Waals surface area contributed by atoms with Crippen LogP contribution in [0.25, 0.3) is 22.5 Å². The Morgan fingerprint density at radius 2 is 1.82 bits per heavy atom. The quantitative estimate of drug-likeness (QED) is 0.624. The van der Waals surface area contributed by atoms with Crippen LogP contribution in [0, 0.1) is 0 Å². The van der Waals surface area contributed by atoms with Crippen molar-refractivity contribution in [1.29, 1.82) is 0 Å². The van der Waals surface area contributed by atoms with Gasteiger partial charge < -0.3 is 5.73 Å². The monoisotopic (exact) mass is 225 g/mol. The summed E-state index contributed by atoms with van der Waals surface area (Å²) in [5.41, 5.74) is 9.55. The zero-order valence-electron chi connectivity index (χ0n) is 9.01. The van der Waals surface area contributed by atoms with E-state index in [9.17, 15) is 0 Å². The van der Waals surface area contributed by atoms with Crippen molar-refractivity contribution in [1.82, 2.24) is 20.4 Å². The van der Waals surface area contributed by atoms with E-state index in [0.29, 0.717) is 5.82 Å². The molecule has 3 aromatic rings. The Hall–Kier alpha value is -2.56. The fraction of sp³-hybridized carbons (Fsp3) is 0. The van der Waals surface area contributed by atoms with Gasteiger partial charge in [0, 0.05) is 6.20 Å². The highest BCUT2D eigenvalue weighted by Crippen LogP contribution is 2.33. The molecule has 17 heavy (non-hydrogen) atoms. The van der Waals surface area contributed by atoms with E-state index in [-0.39, 0.29) is 0 Å². The molecule has 0 amide bonds. The number of aromatic amines is 2. The maximum Gasteiger partial charge on any atom is 0.153 e. The van der Waals surface area contributed by atoms with Gasteiger partial charge in [-0.25, -0.2) is 0 Å². The van der Waals surface area contributed by atoms with Crippen LogP contribution in [0.5, 0.6) is 0 Å². The lowest BCUT2D eigenvalue weighted by Crippen LogP contribution is -1.88. The fourth-order valence-electron chi connectivity index (χ4n) is 1.84. The number of nitrogens with zero attached hydrogens (tertiary/aromatic N) is 2. The first-order valence-electron chi connectivity index (χ1n) is 5.25. The van der Waals surface area contributed by atoms with E-state index in [1.165, 1.54) is 0 Å². The van der Waals surface area contributed by atoms with Gasteiger partial charge in [-0.05, 0) is 11.6 Å². The number of hydrogen-bond donors (Lipinski definition) is 3. The number of nitrogens with two attached hydrogens (primary N) is 1. The van der Waals surface area contributed by atoms with Gasteiger partial charge in [-0.2, -0.15) is 10.2 Å². The molecule has 5 nitrogen and oxygen atoms in total. The van der Waals surface area contributed by atoms with Crippen molar-refractivity contribution in [3.8, 4) is 22.5 Å². The first kappa shape index (κ1) is 9.65. The topological polar surface area (TPSA) is 83.4 Å². The van der Waals surface area contributed by atoms with Crippen LogP contribution in [0.3, 0.4) is 0 Å². The molecule has 4 N–H and O–H groups in total. The standard InChI is InChI=1S/C12H11N5/c13-12-10(8-4-2-1-3-5-8)11(16-17-12)9-6-7-14-15-9/h1-7H,(H,14,15)(H3,13,16,17). The fourth-order valence-corrected chi connectivity index (χ4v) is 1.84. The minimum atomic E-state index is 0.487. The molecule has 5 heteroatoms. The van der Waals surface area contributed by atoms with Crippen molar-refractivity contribution in [3.63, 3.8) is 0 Å². The second-order valence-corrected chi connectivity index (χ2v) is 3.70. The third kappa shape index (κ3) is 1.57. The number of anilines is 1. The predicted octanol–water partition coefficient (Wildman–Crippen LogP) is 2.05. The van der Waals surface area contributed by atoms with E-state index in [1.54, 1.807) is 6.20 Å². The number of rotatable bonds is 2. The first-order valence-corrected chi connectivity index (χ1v) is 5.25. The molecule has 0 aliphatic heterocycles. The molecule has 0 fully saturated rings. The van der Waals surface area contributed by atoms with Crippen molar-refractivity contribution in [3.05, 3.63) is 42.6 Å². The summed E-state index contributed by atoms with van der Waals surface area (Å²) in [7, 11) is 0. The molecule has 0 unspecified atom stereocenters. The highest BCUT2D eigenvalue weighted by Gasteiger charge is 2.14. The minimum Gasteiger partial charge on any atom is -0.382 e. The summed E-state index contributed by atoms with van der Waals surface area (Å²) >= 11 is 0. The number of aromatic nitrogens is 4. The van der Waals surface area contributed by atoms with E-state index in [0.717, 1.165) is 22.5 Å². The lowest BCUT2D eigenvalue weighted by Gasteiger charge is -2.02. The summed E-state index contributed by atoms with van der Waals surface area (Å²) in [6.07, 6.45) is 1.70. The maximum absolute atomic E-state index is 5.90. The Bertz CT molecular complexity index is 610. The van der Waals surface area contributed by atoms with E-state index >= 15 is 0 Å². The molecule has 0 radical (unpaired) electrons. The largest absolute Gasteiger partial charge is 0.382 e. The molecule has 0 atom stereocenters. The highest BCUT2D eigenvalue weighted by atomic mass is 15.2. The molecule has 0 saturated carbocycles. The second kappa shape index (κ2) is 3.79. The zero-order chi connectivity index (χ0) is 11.7. The van der Waals surface area contributed by atoms with Gasteiger partial charge >= 0.3 is 0 Å². The van der Waals surface area contributed by atoms with Crippen LogP contribution in [0.1, 0.15) is 0 Å². The number of benzene rings is 1. The molecule has 84 valence electrons. The van der Waals surface area contributed by atoms with Gasteiger partial charge in [0.1, 0.15) is 0 Å².